The molecule has 0 unspecified atom stereocenters. The van der Waals surface area contributed by atoms with Crippen molar-refractivity contribution < 1.29 is 22.4 Å². The topological polar surface area (TPSA) is 35.3 Å². The molecule has 0 atom stereocenters. The minimum atomic E-state index is -4.60. The van der Waals surface area contributed by atoms with Gasteiger partial charge in [0.2, 0.25) is 0 Å². The lowest BCUT2D eigenvalue weighted by atomic mass is 9.97. The summed E-state index contributed by atoms with van der Waals surface area (Å²) >= 11 is 0. The van der Waals surface area contributed by atoms with E-state index in [1.54, 1.807) is 42.5 Å². The maximum absolute atomic E-state index is 13.7. The van der Waals surface area contributed by atoms with Crippen LogP contribution in [0.4, 0.5) is 13.2 Å². The van der Waals surface area contributed by atoms with Crippen LogP contribution in [0.3, 0.4) is 0 Å². The van der Waals surface area contributed by atoms with Crippen molar-refractivity contribution in [2.75, 3.05) is 0 Å². The molecule has 126 valence electrons. The minimum Gasteiger partial charge on any atom is -0.464 e. The van der Waals surface area contributed by atoms with Gasteiger partial charge in [-0.25, -0.2) is 0 Å². The van der Waals surface area contributed by atoms with E-state index in [1.165, 1.54) is 6.26 Å². The fourth-order valence-corrected chi connectivity index (χ4v) is 2.85. The van der Waals surface area contributed by atoms with Crippen LogP contribution in [0, 0.1) is 0 Å². The largest absolute Gasteiger partial charge is 0.464 e. The Morgan fingerprint density at radius 3 is 2.40 bits per heavy atom. The molecule has 1 aliphatic rings. The van der Waals surface area contributed by atoms with Gasteiger partial charge in [0, 0.05) is 17.6 Å². The van der Waals surface area contributed by atoms with E-state index in [4.69, 9.17) is 9.26 Å². The number of rotatable bonds is 2. The first-order valence-electron chi connectivity index (χ1n) is 7.60. The second-order valence-corrected chi connectivity index (χ2v) is 5.64. The fourth-order valence-electron chi connectivity index (χ4n) is 2.85. The van der Waals surface area contributed by atoms with Crippen molar-refractivity contribution in [3.8, 4) is 17.0 Å². The Balaban J connectivity index is 1.82. The maximum Gasteiger partial charge on any atom is 0.422 e. The molecule has 0 saturated heterocycles. The number of allylic oxidation sites excluding steroid dienone is 1. The molecule has 3 nitrogen and oxygen atoms in total. The summed E-state index contributed by atoms with van der Waals surface area (Å²) in [6.45, 7) is 0. The second kappa shape index (κ2) is 5.81. The summed E-state index contributed by atoms with van der Waals surface area (Å²) in [7, 11) is 0. The molecule has 0 bridgehead atoms. The molecule has 25 heavy (non-hydrogen) atoms. The number of hydrogen-bond donors (Lipinski definition) is 0. The second-order valence-electron chi connectivity index (χ2n) is 5.64. The van der Waals surface area contributed by atoms with E-state index in [9.17, 15) is 13.2 Å². The SMILES string of the molecule is FC(F)(F)c1c(-c2ccccc2)noc1C1=COc2ccccc2C1. The Morgan fingerprint density at radius 2 is 1.64 bits per heavy atom. The first-order valence-corrected chi connectivity index (χ1v) is 7.60. The van der Waals surface area contributed by atoms with Crippen molar-refractivity contribution in [2.24, 2.45) is 0 Å². The van der Waals surface area contributed by atoms with Gasteiger partial charge in [-0.3, -0.25) is 0 Å². The molecule has 0 radical (unpaired) electrons. The Kier molecular flexibility index (Phi) is 3.60. The van der Waals surface area contributed by atoms with E-state index in [0.29, 0.717) is 16.9 Å². The molecule has 0 saturated carbocycles. The van der Waals surface area contributed by atoms with Crippen LogP contribution < -0.4 is 4.74 Å². The van der Waals surface area contributed by atoms with E-state index in [0.717, 1.165) is 5.56 Å². The van der Waals surface area contributed by atoms with Gasteiger partial charge < -0.3 is 9.26 Å². The van der Waals surface area contributed by atoms with Gasteiger partial charge in [0.15, 0.2) is 5.76 Å². The molecule has 0 fully saturated rings. The summed E-state index contributed by atoms with van der Waals surface area (Å²) in [5.74, 6) is 0.323. The number of alkyl halides is 3. The normalized spacial score (nSPS) is 13.8. The van der Waals surface area contributed by atoms with Crippen LogP contribution in [0.1, 0.15) is 16.9 Å². The number of aromatic nitrogens is 1. The van der Waals surface area contributed by atoms with Gasteiger partial charge >= 0.3 is 6.18 Å². The lowest BCUT2D eigenvalue weighted by Gasteiger charge is -2.17. The highest BCUT2D eigenvalue weighted by atomic mass is 19.4. The van der Waals surface area contributed by atoms with Crippen LogP contribution in [0.5, 0.6) is 5.75 Å². The molecule has 6 heteroatoms. The van der Waals surface area contributed by atoms with E-state index in [1.807, 2.05) is 12.1 Å². The van der Waals surface area contributed by atoms with Crippen molar-refractivity contribution in [1.82, 2.24) is 5.16 Å². The summed E-state index contributed by atoms with van der Waals surface area (Å²) in [5.41, 5.74) is 0.352. The van der Waals surface area contributed by atoms with E-state index < -0.39 is 11.7 Å². The monoisotopic (exact) mass is 343 g/mol. The van der Waals surface area contributed by atoms with Gasteiger partial charge in [-0.1, -0.05) is 53.7 Å². The molecule has 0 amide bonds. The van der Waals surface area contributed by atoms with Gasteiger partial charge in [0.05, 0.1) is 6.26 Å². The van der Waals surface area contributed by atoms with Crippen molar-refractivity contribution in [3.05, 3.63) is 77.7 Å². The van der Waals surface area contributed by atoms with Crippen molar-refractivity contribution >= 4 is 5.57 Å². The molecule has 4 rings (SSSR count). The van der Waals surface area contributed by atoms with Gasteiger partial charge in [0.1, 0.15) is 17.0 Å². The third-order valence-electron chi connectivity index (χ3n) is 4.00. The zero-order valence-corrected chi connectivity index (χ0v) is 12.9. The number of ether oxygens (including phenoxy) is 1. The average Bonchev–Trinajstić information content (AvgIpc) is 3.07. The molecular weight excluding hydrogens is 331 g/mol. The third-order valence-corrected chi connectivity index (χ3v) is 4.00. The molecule has 0 N–H and O–H groups in total. The van der Waals surface area contributed by atoms with Crippen LogP contribution in [0.25, 0.3) is 16.8 Å². The first kappa shape index (κ1) is 15.5. The number of halogens is 3. The molecule has 2 aromatic carbocycles. The fraction of sp³-hybridized carbons (Fsp3) is 0.105. The molecule has 1 aliphatic heterocycles. The van der Waals surface area contributed by atoms with Crippen LogP contribution in [0.15, 0.2) is 65.4 Å². The number of nitrogens with zero attached hydrogens (tertiary/aromatic N) is 1. The Morgan fingerprint density at radius 1 is 0.920 bits per heavy atom. The Bertz CT molecular complexity index is 943. The molecule has 1 aromatic heterocycles. The lowest BCUT2D eigenvalue weighted by molar-refractivity contribution is -0.137. The summed E-state index contributed by atoms with van der Waals surface area (Å²) in [5, 5.41) is 3.69. The van der Waals surface area contributed by atoms with Gasteiger partial charge in [-0.05, 0) is 11.6 Å². The highest BCUT2D eigenvalue weighted by molar-refractivity contribution is 5.75. The molecular formula is C19H12F3NO2. The number of hydrogen-bond acceptors (Lipinski definition) is 3. The summed E-state index contributed by atoms with van der Waals surface area (Å²) < 4.78 is 51.7. The molecule has 0 spiro atoms. The highest BCUT2D eigenvalue weighted by Crippen LogP contribution is 2.43. The van der Waals surface area contributed by atoms with Crippen LogP contribution in [-0.4, -0.2) is 5.16 Å². The molecule has 2 heterocycles. The summed E-state index contributed by atoms with van der Waals surface area (Å²) in [6, 6.07) is 15.4. The smallest absolute Gasteiger partial charge is 0.422 e. The average molecular weight is 343 g/mol. The third kappa shape index (κ3) is 2.80. The van der Waals surface area contributed by atoms with Gasteiger partial charge in [-0.2, -0.15) is 13.2 Å². The van der Waals surface area contributed by atoms with Crippen LogP contribution >= 0.6 is 0 Å². The van der Waals surface area contributed by atoms with Crippen LogP contribution in [-0.2, 0) is 12.6 Å². The lowest BCUT2D eigenvalue weighted by Crippen LogP contribution is -2.11. The number of para-hydroxylation sites is 1. The first-order chi connectivity index (χ1) is 12.0. The summed E-state index contributed by atoms with van der Waals surface area (Å²) in [4.78, 5) is 0. The zero-order valence-electron chi connectivity index (χ0n) is 12.9. The van der Waals surface area contributed by atoms with E-state index in [2.05, 4.69) is 5.16 Å². The minimum absolute atomic E-state index is 0.220. The van der Waals surface area contributed by atoms with Gasteiger partial charge in [0.25, 0.3) is 0 Å². The van der Waals surface area contributed by atoms with Crippen molar-refractivity contribution in [3.63, 3.8) is 0 Å². The highest BCUT2D eigenvalue weighted by Gasteiger charge is 2.42. The molecule has 0 aliphatic carbocycles. The van der Waals surface area contributed by atoms with Crippen LogP contribution in [0.2, 0.25) is 0 Å². The van der Waals surface area contributed by atoms with Crippen molar-refractivity contribution in [2.45, 2.75) is 12.6 Å². The number of benzene rings is 2. The standard InChI is InChI=1S/C19H12F3NO2/c20-19(21,22)16-17(12-6-2-1-3-7-12)23-25-18(16)14-10-13-8-4-5-9-15(13)24-11-14/h1-9,11H,10H2. The van der Waals surface area contributed by atoms with E-state index in [-0.39, 0.29) is 17.9 Å². The predicted molar refractivity (Wildman–Crippen MR) is 85.7 cm³/mol. The van der Waals surface area contributed by atoms with Gasteiger partial charge in [-0.15, -0.1) is 0 Å². The number of fused-ring (bicyclic) bond motifs is 1. The van der Waals surface area contributed by atoms with E-state index >= 15 is 0 Å². The predicted octanol–water partition coefficient (Wildman–Crippen LogP) is 5.34. The Labute approximate surface area is 141 Å². The van der Waals surface area contributed by atoms with Crippen molar-refractivity contribution in [1.29, 1.82) is 0 Å². The molecule has 3 aromatic rings. The zero-order chi connectivity index (χ0) is 17.4. The maximum atomic E-state index is 13.7. The summed E-state index contributed by atoms with van der Waals surface area (Å²) in [6.07, 6.45) is -3.02. The quantitative estimate of drug-likeness (QED) is 0.630. The Hall–Kier alpha value is -3.02.